The minimum atomic E-state index is -0.286. The van der Waals surface area contributed by atoms with Crippen molar-refractivity contribution in [3.63, 3.8) is 0 Å². The first kappa shape index (κ1) is 14.0. The number of nitrogens with one attached hydrogen (secondary N) is 1. The molecule has 1 rings (SSSR count). The largest absolute Gasteiger partial charge is 0.491 e. The lowest BCUT2D eigenvalue weighted by molar-refractivity contribution is 0.301. The standard InChI is InChI=1S/C14H22FNO/c1-5-8-17-13-7-6-11(9-12(13)15)10-16-14(2,3)4/h6-7,9,16H,5,8,10H2,1-4H3. The van der Waals surface area contributed by atoms with Crippen molar-refractivity contribution in [2.45, 2.75) is 46.2 Å². The lowest BCUT2D eigenvalue weighted by atomic mass is 10.1. The molecule has 0 unspecified atom stereocenters. The summed E-state index contributed by atoms with van der Waals surface area (Å²) in [6.07, 6.45) is 0.882. The number of benzene rings is 1. The van der Waals surface area contributed by atoms with Crippen molar-refractivity contribution in [3.05, 3.63) is 29.6 Å². The summed E-state index contributed by atoms with van der Waals surface area (Å²) in [4.78, 5) is 0. The zero-order valence-electron chi connectivity index (χ0n) is 11.1. The quantitative estimate of drug-likeness (QED) is 0.849. The molecule has 0 atom stereocenters. The van der Waals surface area contributed by atoms with Crippen molar-refractivity contribution in [2.75, 3.05) is 6.61 Å². The molecular formula is C14H22FNO. The number of hydrogen-bond donors (Lipinski definition) is 1. The van der Waals surface area contributed by atoms with Crippen LogP contribution in [0.3, 0.4) is 0 Å². The second kappa shape index (κ2) is 6.01. The Bertz CT molecular complexity index is 358. The van der Waals surface area contributed by atoms with E-state index in [2.05, 4.69) is 26.1 Å². The van der Waals surface area contributed by atoms with Gasteiger partial charge in [0.1, 0.15) is 0 Å². The second-order valence-corrected chi connectivity index (χ2v) is 5.22. The molecule has 0 saturated heterocycles. The van der Waals surface area contributed by atoms with Crippen LogP contribution in [0, 0.1) is 5.82 Å². The molecule has 17 heavy (non-hydrogen) atoms. The van der Waals surface area contributed by atoms with Gasteiger partial charge >= 0.3 is 0 Å². The third-order valence-corrected chi connectivity index (χ3v) is 2.28. The van der Waals surface area contributed by atoms with E-state index < -0.39 is 0 Å². The summed E-state index contributed by atoms with van der Waals surface area (Å²) in [6, 6.07) is 5.13. The lowest BCUT2D eigenvalue weighted by Crippen LogP contribution is -2.35. The molecule has 0 fully saturated rings. The SMILES string of the molecule is CCCOc1ccc(CNC(C)(C)C)cc1F. The molecule has 0 aliphatic rings. The highest BCUT2D eigenvalue weighted by Crippen LogP contribution is 2.18. The van der Waals surface area contributed by atoms with E-state index in [1.54, 1.807) is 6.07 Å². The van der Waals surface area contributed by atoms with Crippen molar-refractivity contribution in [2.24, 2.45) is 0 Å². The van der Waals surface area contributed by atoms with Crippen molar-refractivity contribution in [3.8, 4) is 5.75 Å². The maximum atomic E-state index is 13.6. The molecule has 0 aromatic heterocycles. The van der Waals surface area contributed by atoms with Crippen LogP contribution in [-0.4, -0.2) is 12.1 Å². The van der Waals surface area contributed by atoms with Crippen LogP contribution in [0.25, 0.3) is 0 Å². The van der Waals surface area contributed by atoms with Gasteiger partial charge in [0.05, 0.1) is 6.61 Å². The number of hydrogen-bond acceptors (Lipinski definition) is 2. The molecule has 96 valence electrons. The number of rotatable bonds is 5. The average molecular weight is 239 g/mol. The van der Waals surface area contributed by atoms with E-state index in [0.717, 1.165) is 12.0 Å². The Hall–Kier alpha value is -1.09. The molecule has 1 N–H and O–H groups in total. The van der Waals surface area contributed by atoms with Gasteiger partial charge in [-0.05, 0) is 44.9 Å². The molecule has 0 bridgehead atoms. The van der Waals surface area contributed by atoms with Crippen LogP contribution in [0.1, 0.15) is 39.7 Å². The molecule has 0 heterocycles. The molecular weight excluding hydrogens is 217 g/mol. The molecule has 1 aromatic rings. The fourth-order valence-corrected chi connectivity index (χ4v) is 1.35. The maximum absolute atomic E-state index is 13.6. The third-order valence-electron chi connectivity index (χ3n) is 2.28. The first-order valence-electron chi connectivity index (χ1n) is 6.08. The van der Waals surface area contributed by atoms with Crippen LogP contribution in [-0.2, 0) is 6.54 Å². The van der Waals surface area contributed by atoms with Gasteiger partial charge in [-0.1, -0.05) is 13.0 Å². The van der Waals surface area contributed by atoms with Crippen LogP contribution in [0.15, 0.2) is 18.2 Å². The van der Waals surface area contributed by atoms with Gasteiger partial charge in [-0.15, -0.1) is 0 Å². The summed E-state index contributed by atoms with van der Waals surface area (Å²) in [5.41, 5.74) is 0.967. The molecule has 0 aliphatic carbocycles. The smallest absolute Gasteiger partial charge is 0.165 e. The van der Waals surface area contributed by atoms with Crippen LogP contribution < -0.4 is 10.1 Å². The lowest BCUT2D eigenvalue weighted by Gasteiger charge is -2.20. The number of halogens is 1. The number of ether oxygens (including phenoxy) is 1. The normalized spacial score (nSPS) is 11.6. The summed E-state index contributed by atoms with van der Waals surface area (Å²) in [5, 5.41) is 3.32. The van der Waals surface area contributed by atoms with Gasteiger partial charge in [0, 0.05) is 12.1 Å². The zero-order valence-corrected chi connectivity index (χ0v) is 11.1. The average Bonchev–Trinajstić information content (AvgIpc) is 2.24. The third kappa shape index (κ3) is 5.18. The van der Waals surface area contributed by atoms with E-state index in [1.807, 2.05) is 13.0 Å². The molecule has 0 spiro atoms. The summed E-state index contributed by atoms with van der Waals surface area (Å²) < 4.78 is 18.9. The van der Waals surface area contributed by atoms with Gasteiger partial charge in [0.25, 0.3) is 0 Å². The summed E-state index contributed by atoms with van der Waals surface area (Å²) >= 11 is 0. The Kier molecular flexibility index (Phi) is 4.94. The Morgan fingerprint density at radius 1 is 1.29 bits per heavy atom. The molecule has 0 amide bonds. The summed E-state index contributed by atoms with van der Waals surface area (Å²) in [7, 11) is 0. The van der Waals surface area contributed by atoms with E-state index in [-0.39, 0.29) is 11.4 Å². The van der Waals surface area contributed by atoms with Gasteiger partial charge in [-0.2, -0.15) is 0 Å². The molecule has 3 heteroatoms. The van der Waals surface area contributed by atoms with Gasteiger partial charge in [-0.25, -0.2) is 4.39 Å². The fraction of sp³-hybridized carbons (Fsp3) is 0.571. The van der Waals surface area contributed by atoms with Crippen LogP contribution in [0.5, 0.6) is 5.75 Å². The van der Waals surface area contributed by atoms with Crippen LogP contribution in [0.4, 0.5) is 4.39 Å². The van der Waals surface area contributed by atoms with E-state index >= 15 is 0 Å². The molecule has 0 aliphatic heterocycles. The Morgan fingerprint density at radius 2 is 2.00 bits per heavy atom. The summed E-state index contributed by atoms with van der Waals surface area (Å²) in [5.74, 6) is 0.0537. The molecule has 0 saturated carbocycles. The van der Waals surface area contributed by atoms with Crippen LogP contribution in [0.2, 0.25) is 0 Å². The Labute approximate surface area is 103 Å². The molecule has 2 nitrogen and oxygen atoms in total. The molecule has 0 radical (unpaired) electrons. The van der Waals surface area contributed by atoms with Crippen molar-refractivity contribution < 1.29 is 9.13 Å². The highest BCUT2D eigenvalue weighted by Gasteiger charge is 2.10. The van der Waals surface area contributed by atoms with E-state index in [9.17, 15) is 4.39 Å². The first-order chi connectivity index (χ1) is 7.92. The van der Waals surface area contributed by atoms with Crippen molar-refractivity contribution >= 4 is 0 Å². The Balaban J connectivity index is 2.62. The Morgan fingerprint density at radius 3 is 2.53 bits per heavy atom. The van der Waals surface area contributed by atoms with Crippen molar-refractivity contribution in [1.82, 2.24) is 5.32 Å². The van der Waals surface area contributed by atoms with Crippen LogP contribution >= 0.6 is 0 Å². The highest BCUT2D eigenvalue weighted by molar-refractivity contribution is 5.29. The topological polar surface area (TPSA) is 21.3 Å². The second-order valence-electron chi connectivity index (χ2n) is 5.22. The monoisotopic (exact) mass is 239 g/mol. The highest BCUT2D eigenvalue weighted by atomic mass is 19.1. The van der Waals surface area contributed by atoms with E-state index in [0.29, 0.717) is 18.9 Å². The van der Waals surface area contributed by atoms with Gasteiger partial charge in [0.2, 0.25) is 0 Å². The predicted molar refractivity (Wildman–Crippen MR) is 68.8 cm³/mol. The van der Waals surface area contributed by atoms with Crippen molar-refractivity contribution in [1.29, 1.82) is 0 Å². The minimum Gasteiger partial charge on any atom is -0.491 e. The molecule has 1 aromatic carbocycles. The van der Waals surface area contributed by atoms with E-state index in [1.165, 1.54) is 6.07 Å². The van der Waals surface area contributed by atoms with Gasteiger partial charge in [0.15, 0.2) is 11.6 Å². The predicted octanol–water partition coefficient (Wildman–Crippen LogP) is 3.50. The zero-order chi connectivity index (χ0) is 12.9. The summed E-state index contributed by atoms with van der Waals surface area (Å²) in [6.45, 7) is 9.47. The van der Waals surface area contributed by atoms with E-state index in [4.69, 9.17) is 4.74 Å². The maximum Gasteiger partial charge on any atom is 0.165 e. The minimum absolute atomic E-state index is 0.0356. The van der Waals surface area contributed by atoms with Gasteiger partial charge in [-0.3, -0.25) is 0 Å². The fourth-order valence-electron chi connectivity index (χ4n) is 1.35. The van der Waals surface area contributed by atoms with Gasteiger partial charge < -0.3 is 10.1 Å². The first-order valence-corrected chi connectivity index (χ1v) is 6.08.